The normalized spacial score (nSPS) is 10.4. The highest BCUT2D eigenvalue weighted by atomic mass is 16.5. The molecule has 0 saturated carbocycles. The Morgan fingerprint density at radius 3 is 2.56 bits per heavy atom. The third-order valence-electron chi connectivity index (χ3n) is 2.63. The second-order valence-corrected chi connectivity index (χ2v) is 4.26. The summed E-state index contributed by atoms with van der Waals surface area (Å²) < 4.78 is 6.20. The smallest absolute Gasteiger partial charge is 0.393 e. The summed E-state index contributed by atoms with van der Waals surface area (Å²) in [6, 6.07) is 7.40. The van der Waals surface area contributed by atoms with E-state index < -0.39 is 0 Å². The first-order chi connectivity index (χ1) is 8.47. The minimum Gasteiger partial charge on any atom is -0.740 e. The van der Waals surface area contributed by atoms with Crippen molar-refractivity contribution in [2.24, 2.45) is 0 Å². The second-order valence-electron chi connectivity index (χ2n) is 4.26. The number of nitrogen functional groups attached to an aromatic ring is 1. The Bertz CT molecular complexity index is 574. The van der Waals surface area contributed by atoms with Crippen LogP contribution in [-0.4, -0.2) is 4.98 Å². The minimum absolute atomic E-state index is 0.116. The first-order valence-corrected chi connectivity index (χ1v) is 5.59. The first kappa shape index (κ1) is 12.2. The van der Waals surface area contributed by atoms with Gasteiger partial charge in [0.25, 0.3) is 0 Å². The van der Waals surface area contributed by atoms with E-state index in [9.17, 15) is 5.21 Å². The number of hydrogen-bond donors (Lipinski definition) is 1. The van der Waals surface area contributed by atoms with Gasteiger partial charge >= 0.3 is 11.8 Å². The van der Waals surface area contributed by atoms with Gasteiger partial charge in [0.15, 0.2) is 0 Å². The predicted octanol–water partition coefficient (Wildman–Crippen LogP) is 2.01. The van der Waals surface area contributed by atoms with E-state index in [1.807, 2.05) is 32.0 Å². The van der Waals surface area contributed by atoms with Crippen molar-refractivity contribution in [1.29, 1.82) is 0 Å². The van der Waals surface area contributed by atoms with Gasteiger partial charge in [-0.05, 0) is 37.4 Å². The van der Waals surface area contributed by atoms with Crippen LogP contribution in [0.3, 0.4) is 0 Å². The molecule has 2 aromatic rings. The number of benzene rings is 1. The van der Waals surface area contributed by atoms with E-state index in [1.165, 1.54) is 0 Å². The Morgan fingerprint density at radius 2 is 1.94 bits per heavy atom. The van der Waals surface area contributed by atoms with Gasteiger partial charge in [-0.15, -0.1) is 0 Å². The maximum atomic E-state index is 11.4. The van der Waals surface area contributed by atoms with E-state index >= 15 is 0 Å². The summed E-state index contributed by atoms with van der Waals surface area (Å²) >= 11 is 0. The van der Waals surface area contributed by atoms with E-state index in [0.717, 1.165) is 11.1 Å². The van der Waals surface area contributed by atoms with Crippen LogP contribution in [0.15, 0.2) is 24.3 Å². The van der Waals surface area contributed by atoms with Crippen LogP contribution in [0.1, 0.15) is 16.8 Å². The number of anilines is 1. The lowest BCUT2D eigenvalue weighted by atomic mass is 10.1. The summed E-state index contributed by atoms with van der Waals surface area (Å²) in [6.07, 6.45) is 0. The largest absolute Gasteiger partial charge is 0.740 e. The number of aromatic nitrogens is 2. The van der Waals surface area contributed by atoms with Crippen molar-refractivity contribution in [1.82, 2.24) is 4.98 Å². The van der Waals surface area contributed by atoms with Gasteiger partial charge < -0.3 is 9.94 Å². The standard InChI is InChI=1S/C13H15N3O2/c1-8-4-5-11(9(2)6-8)18-12-7-10(3)16(17)13(14)15-12/h4-7H,1-3H3,(H2,14,15). The van der Waals surface area contributed by atoms with Crippen LogP contribution in [0.4, 0.5) is 5.95 Å². The summed E-state index contributed by atoms with van der Waals surface area (Å²) in [4.78, 5) is 3.90. The van der Waals surface area contributed by atoms with Gasteiger partial charge in [0.05, 0.1) is 11.8 Å². The van der Waals surface area contributed by atoms with Gasteiger partial charge in [-0.2, -0.15) is 0 Å². The molecule has 0 spiro atoms. The molecule has 1 aromatic heterocycles. The van der Waals surface area contributed by atoms with Crippen LogP contribution in [0, 0.1) is 26.0 Å². The van der Waals surface area contributed by atoms with Crippen LogP contribution < -0.4 is 15.2 Å². The Morgan fingerprint density at radius 1 is 1.22 bits per heavy atom. The predicted molar refractivity (Wildman–Crippen MR) is 68.3 cm³/mol. The van der Waals surface area contributed by atoms with Crippen molar-refractivity contribution in [3.63, 3.8) is 0 Å². The third-order valence-corrected chi connectivity index (χ3v) is 2.63. The molecule has 1 aromatic carbocycles. The molecular formula is C13H15N3O2. The fraction of sp³-hybridized carbons (Fsp3) is 0.231. The van der Waals surface area contributed by atoms with Gasteiger partial charge in [0, 0.05) is 0 Å². The molecule has 0 amide bonds. The van der Waals surface area contributed by atoms with E-state index in [-0.39, 0.29) is 5.95 Å². The number of hydrogen-bond acceptors (Lipinski definition) is 4. The van der Waals surface area contributed by atoms with Crippen molar-refractivity contribution in [3.05, 3.63) is 46.3 Å². The fourth-order valence-corrected chi connectivity index (χ4v) is 1.69. The highest BCUT2D eigenvalue weighted by Crippen LogP contribution is 2.24. The van der Waals surface area contributed by atoms with Gasteiger partial charge in [-0.25, -0.2) is 4.73 Å². The molecule has 5 nitrogen and oxygen atoms in total. The van der Waals surface area contributed by atoms with E-state index in [4.69, 9.17) is 10.5 Å². The Labute approximate surface area is 105 Å². The lowest BCUT2D eigenvalue weighted by Gasteiger charge is -2.11. The van der Waals surface area contributed by atoms with E-state index in [1.54, 1.807) is 13.0 Å². The molecule has 0 aliphatic heterocycles. The molecule has 0 aliphatic rings. The van der Waals surface area contributed by atoms with E-state index in [0.29, 0.717) is 22.1 Å². The fourth-order valence-electron chi connectivity index (χ4n) is 1.69. The summed E-state index contributed by atoms with van der Waals surface area (Å²) in [6.45, 7) is 5.62. The highest BCUT2D eigenvalue weighted by molar-refractivity contribution is 5.38. The van der Waals surface area contributed by atoms with Gasteiger partial charge in [0.2, 0.25) is 0 Å². The molecule has 2 N–H and O–H groups in total. The molecule has 0 bridgehead atoms. The van der Waals surface area contributed by atoms with Crippen molar-refractivity contribution >= 4 is 5.95 Å². The highest BCUT2D eigenvalue weighted by Gasteiger charge is 2.11. The van der Waals surface area contributed by atoms with Crippen LogP contribution in [0.5, 0.6) is 11.6 Å². The Hall–Kier alpha value is -2.30. The Balaban J connectivity index is 2.34. The molecule has 0 atom stereocenters. The molecule has 0 radical (unpaired) electrons. The zero-order valence-electron chi connectivity index (χ0n) is 10.6. The summed E-state index contributed by atoms with van der Waals surface area (Å²) in [5.41, 5.74) is 8.11. The number of rotatable bonds is 2. The molecule has 1 heterocycles. The maximum Gasteiger partial charge on any atom is 0.393 e. The molecule has 0 aliphatic carbocycles. The molecular weight excluding hydrogens is 230 g/mol. The molecule has 94 valence electrons. The quantitative estimate of drug-likeness (QED) is 0.648. The zero-order valence-corrected chi connectivity index (χ0v) is 10.6. The lowest BCUT2D eigenvalue weighted by Crippen LogP contribution is -2.35. The van der Waals surface area contributed by atoms with Gasteiger partial charge in [0.1, 0.15) is 5.75 Å². The summed E-state index contributed by atoms with van der Waals surface area (Å²) in [7, 11) is 0. The molecule has 0 unspecified atom stereocenters. The monoisotopic (exact) mass is 245 g/mol. The lowest BCUT2D eigenvalue weighted by molar-refractivity contribution is -0.599. The van der Waals surface area contributed by atoms with Crippen LogP contribution in [0.25, 0.3) is 0 Å². The summed E-state index contributed by atoms with van der Waals surface area (Å²) in [5.74, 6) is 0.911. The molecule has 0 saturated heterocycles. The zero-order chi connectivity index (χ0) is 13.3. The van der Waals surface area contributed by atoms with Gasteiger partial charge in [-0.3, -0.25) is 5.73 Å². The maximum absolute atomic E-state index is 11.4. The number of nitrogens with zero attached hydrogens (tertiary/aromatic N) is 2. The number of nitrogens with two attached hydrogens (primary N) is 1. The number of ether oxygens (including phenoxy) is 1. The van der Waals surface area contributed by atoms with Crippen LogP contribution >= 0.6 is 0 Å². The van der Waals surface area contributed by atoms with Crippen molar-refractivity contribution in [2.75, 3.05) is 5.73 Å². The molecule has 0 fully saturated rings. The Kier molecular flexibility index (Phi) is 3.06. The van der Waals surface area contributed by atoms with Crippen molar-refractivity contribution < 1.29 is 9.47 Å². The average molecular weight is 245 g/mol. The third kappa shape index (κ3) is 2.34. The molecule has 18 heavy (non-hydrogen) atoms. The van der Waals surface area contributed by atoms with Crippen LogP contribution in [-0.2, 0) is 0 Å². The average Bonchev–Trinajstić information content (AvgIpc) is 2.29. The summed E-state index contributed by atoms with van der Waals surface area (Å²) in [5, 5.41) is 11.4. The van der Waals surface area contributed by atoms with E-state index in [2.05, 4.69) is 4.98 Å². The topological polar surface area (TPSA) is 75.1 Å². The van der Waals surface area contributed by atoms with Crippen molar-refractivity contribution in [2.45, 2.75) is 20.8 Å². The number of aryl methyl sites for hydroxylation is 3. The minimum atomic E-state index is -0.116. The van der Waals surface area contributed by atoms with Crippen molar-refractivity contribution in [3.8, 4) is 11.6 Å². The SMILES string of the molecule is Cc1ccc(Oc2cc(C)[n+]([O-])c(N)n2)c(C)c1. The van der Waals surface area contributed by atoms with Crippen LogP contribution in [0.2, 0.25) is 0 Å². The molecule has 2 rings (SSSR count). The second kappa shape index (κ2) is 4.52. The van der Waals surface area contributed by atoms with Gasteiger partial charge in [-0.1, -0.05) is 17.7 Å². The first-order valence-electron chi connectivity index (χ1n) is 5.59. The molecule has 5 heteroatoms.